The van der Waals surface area contributed by atoms with Crippen LogP contribution in [-0.4, -0.2) is 26.7 Å². The van der Waals surface area contributed by atoms with E-state index < -0.39 is 4.92 Å². The second-order valence-corrected chi connectivity index (χ2v) is 8.36. The quantitative estimate of drug-likeness (QED) is 0.304. The van der Waals surface area contributed by atoms with Crippen LogP contribution in [0.4, 0.5) is 17.1 Å². The van der Waals surface area contributed by atoms with E-state index in [0.717, 1.165) is 16.8 Å². The molecule has 1 aliphatic rings. The van der Waals surface area contributed by atoms with Crippen molar-refractivity contribution in [2.75, 3.05) is 5.32 Å². The van der Waals surface area contributed by atoms with E-state index in [1.807, 2.05) is 30.3 Å². The van der Waals surface area contributed by atoms with E-state index in [2.05, 4.69) is 10.3 Å². The van der Waals surface area contributed by atoms with E-state index in [4.69, 9.17) is 12.2 Å². The second-order valence-electron chi connectivity index (χ2n) is 6.68. The van der Waals surface area contributed by atoms with Gasteiger partial charge in [0.2, 0.25) is 11.8 Å². The smallest absolute Gasteiger partial charge is 0.269 e. The van der Waals surface area contributed by atoms with Crippen LogP contribution in [0.2, 0.25) is 0 Å². The molecular formula is C21H16N4O4S2. The SMILES string of the molecule is O=C(CCn1c(O)c(/C=C2\C=Nc3ccccc32)sc1=S)Nc1ccc([N+](=O)[O-])cc1. The summed E-state index contributed by atoms with van der Waals surface area (Å²) < 4.78 is 1.97. The Morgan fingerprint density at radius 2 is 2.00 bits per heavy atom. The molecule has 2 heterocycles. The summed E-state index contributed by atoms with van der Waals surface area (Å²) in [6.07, 6.45) is 3.66. The summed E-state index contributed by atoms with van der Waals surface area (Å²) >= 11 is 6.62. The molecule has 2 aromatic carbocycles. The maximum Gasteiger partial charge on any atom is 0.269 e. The molecule has 8 nitrogen and oxygen atoms in total. The largest absolute Gasteiger partial charge is 0.493 e. The van der Waals surface area contributed by atoms with Crippen LogP contribution in [-0.2, 0) is 11.3 Å². The first-order valence-electron chi connectivity index (χ1n) is 9.24. The van der Waals surface area contributed by atoms with Gasteiger partial charge in [0.15, 0.2) is 3.95 Å². The highest BCUT2D eigenvalue weighted by molar-refractivity contribution is 7.73. The van der Waals surface area contributed by atoms with Crippen LogP contribution in [0, 0.1) is 14.1 Å². The van der Waals surface area contributed by atoms with Gasteiger partial charge in [-0.15, -0.1) is 11.3 Å². The summed E-state index contributed by atoms with van der Waals surface area (Å²) in [7, 11) is 0. The topological polar surface area (TPSA) is 110 Å². The van der Waals surface area contributed by atoms with Crippen molar-refractivity contribution in [3.63, 3.8) is 0 Å². The van der Waals surface area contributed by atoms with Crippen molar-refractivity contribution in [1.82, 2.24) is 4.57 Å². The van der Waals surface area contributed by atoms with Crippen molar-refractivity contribution < 1.29 is 14.8 Å². The Hall–Kier alpha value is -3.63. The second kappa shape index (κ2) is 8.62. The number of amides is 1. The molecule has 31 heavy (non-hydrogen) atoms. The molecule has 0 aliphatic carbocycles. The maximum atomic E-state index is 12.3. The molecular weight excluding hydrogens is 436 g/mol. The van der Waals surface area contributed by atoms with Gasteiger partial charge in [-0.05, 0) is 36.5 Å². The van der Waals surface area contributed by atoms with E-state index in [9.17, 15) is 20.0 Å². The summed E-state index contributed by atoms with van der Waals surface area (Å²) in [6.45, 7) is 0.202. The number of rotatable bonds is 6. The summed E-state index contributed by atoms with van der Waals surface area (Å²) in [5.41, 5.74) is 3.14. The van der Waals surface area contributed by atoms with Crippen molar-refractivity contribution in [1.29, 1.82) is 0 Å². The first-order valence-corrected chi connectivity index (χ1v) is 10.5. The number of carbonyl (C=O) groups excluding carboxylic acids is 1. The summed E-state index contributed by atoms with van der Waals surface area (Å²) in [5, 5.41) is 24.0. The normalized spacial score (nSPS) is 13.4. The van der Waals surface area contributed by atoms with Gasteiger partial charge in [0.1, 0.15) is 0 Å². The van der Waals surface area contributed by atoms with Gasteiger partial charge in [-0.25, -0.2) is 0 Å². The van der Waals surface area contributed by atoms with E-state index >= 15 is 0 Å². The van der Waals surface area contributed by atoms with Crippen LogP contribution in [0.3, 0.4) is 0 Å². The number of nitro benzene ring substituents is 1. The Balaban J connectivity index is 1.44. The van der Waals surface area contributed by atoms with Gasteiger partial charge in [0.25, 0.3) is 5.69 Å². The summed E-state index contributed by atoms with van der Waals surface area (Å²) in [6, 6.07) is 13.3. The Morgan fingerprint density at radius 3 is 2.74 bits per heavy atom. The van der Waals surface area contributed by atoms with Crippen LogP contribution in [0.15, 0.2) is 53.5 Å². The number of aromatic hydroxyl groups is 1. The van der Waals surface area contributed by atoms with Gasteiger partial charge in [-0.2, -0.15) is 0 Å². The molecule has 0 radical (unpaired) electrons. The minimum Gasteiger partial charge on any atom is -0.493 e. The molecule has 1 amide bonds. The molecule has 156 valence electrons. The van der Waals surface area contributed by atoms with Crippen LogP contribution in [0.5, 0.6) is 5.88 Å². The number of allylic oxidation sites excluding steroid dienone is 1. The zero-order valence-electron chi connectivity index (χ0n) is 16.0. The predicted octanol–water partition coefficient (Wildman–Crippen LogP) is 5.18. The Morgan fingerprint density at radius 1 is 1.26 bits per heavy atom. The number of aliphatic imine (C=N–C) groups is 1. The number of carbonyl (C=O) groups is 1. The molecule has 2 N–H and O–H groups in total. The van der Waals surface area contributed by atoms with E-state index in [-0.39, 0.29) is 30.4 Å². The maximum absolute atomic E-state index is 12.3. The van der Waals surface area contributed by atoms with Crippen LogP contribution < -0.4 is 5.32 Å². The lowest BCUT2D eigenvalue weighted by atomic mass is 10.1. The Labute approximate surface area is 186 Å². The van der Waals surface area contributed by atoms with E-state index in [1.165, 1.54) is 40.2 Å². The predicted molar refractivity (Wildman–Crippen MR) is 124 cm³/mol. The first kappa shape index (κ1) is 20.6. The highest BCUT2D eigenvalue weighted by Crippen LogP contribution is 2.35. The number of hydrogen-bond acceptors (Lipinski definition) is 7. The molecule has 0 atom stereocenters. The Kier molecular flexibility index (Phi) is 5.74. The lowest BCUT2D eigenvalue weighted by Crippen LogP contribution is -2.14. The number of anilines is 1. The molecule has 0 saturated carbocycles. The fourth-order valence-electron chi connectivity index (χ4n) is 3.10. The van der Waals surface area contributed by atoms with Crippen LogP contribution in [0.25, 0.3) is 11.6 Å². The van der Waals surface area contributed by atoms with E-state index in [0.29, 0.717) is 14.5 Å². The number of nitrogens with one attached hydrogen (secondary N) is 1. The minimum absolute atomic E-state index is 0.00316. The average Bonchev–Trinajstić information content (AvgIpc) is 3.28. The van der Waals surface area contributed by atoms with Crippen molar-refractivity contribution in [3.05, 3.63) is 73.0 Å². The fraction of sp³-hybridized carbons (Fsp3) is 0.0952. The minimum atomic E-state index is -0.504. The molecule has 1 aromatic heterocycles. The fourth-order valence-corrected chi connectivity index (χ4v) is 4.41. The van der Waals surface area contributed by atoms with Crippen molar-refractivity contribution in [2.24, 2.45) is 4.99 Å². The molecule has 3 aromatic rings. The van der Waals surface area contributed by atoms with Gasteiger partial charge in [-0.3, -0.25) is 24.5 Å². The number of fused-ring (bicyclic) bond motifs is 1. The summed E-state index contributed by atoms with van der Waals surface area (Å²) in [4.78, 5) is 27.4. The number of aromatic nitrogens is 1. The van der Waals surface area contributed by atoms with Crippen molar-refractivity contribution >= 4 is 64.4 Å². The molecule has 10 heteroatoms. The van der Waals surface area contributed by atoms with Crippen molar-refractivity contribution in [3.8, 4) is 5.88 Å². The van der Waals surface area contributed by atoms with Gasteiger partial charge in [0, 0.05) is 48.1 Å². The Bertz CT molecular complexity index is 1290. The molecule has 1 aliphatic heterocycles. The third kappa shape index (κ3) is 4.44. The molecule has 0 saturated heterocycles. The zero-order chi connectivity index (χ0) is 22.0. The van der Waals surface area contributed by atoms with Crippen LogP contribution >= 0.6 is 23.6 Å². The van der Waals surface area contributed by atoms with E-state index in [1.54, 1.807) is 6.21 Å². The number of nitrogens with zero attached hydrogens (tertiary/aromatic N) is 3. The average molecular weight is 453 g/mol. The zero-order valence-corrected chi connectivity index (χ0v) is 17.7. The third-order valence-corrected chi connectivity index (χ3v) is 6.05. The van der Waals surface area contributed by atoms with Gasteiger partial charge in [-0.1, -0.05) is 18.2 Å². The highest BCUT2D eigenvalue weighted by Gasteiger charge is 2.16. The van der Waals surface area contributed by atoms with Gasteiger partial charge < -0.3 is 10.4 Å². The van der Waals surface area contributed by atoms with Gasteiger partial charge >= 0.3 is 0 Å². The molecule has 0 unspecified atom stereocenters. The van der Waals surface area contributed by atoms with Gasteiger partial charge in [0.05, 0.1) is 15.5 Å². The lowest BCUT2D eigenvalue weighted by Gasteiger charge is -2.07. The highest BCUT2D eigenvalue weighted by atomic mass is 32.1. The van der Waals surface area contributed by atoms with Crippen LogP contribution in [0.1, 0.15) is 16.9 Å². The van der Waals surface area contributed by atoms with Crippen molar-refractivity contribution in [2.45, 2.75) is 13.0 Å². The molecule has 0 fully saturated rings. The number of benzene rings is 2. The number of non-ortho nitro benzene ring substituents is 1. The summed E-state index contributed by atoms with van der Waals surface area (Å²) in [5.74, 6) is -0.290. The standard InChI is InChI=1S/C21H16N4O4S2/c26-19(23-14-5-7-15(8-6-14)25(28)29)9-10-24-20(27)18(31-21(24)30)11-13-12-22-17-4-2-1-3-16(13)17/h1-8,11-12,27H,9-10H2,(H,23,26)/b13-11+. The molecule has 0 bridgehead atoms. The number of para-hydroxylation sites is 1. The third-order valence-electron chi connectivity index (χ3n) is 4.66. The lowest BCUT2D eigenvalue weighted by molar-refractivity contribution is -0.384. The number of nitro groups is 1. The molecule has 4 rings (SSSR count). The first-order chi connectivity index (χ1) is 14.9. The number of thiazole rings is 1. The molecule has 0 spiro atoms. The monoisotopic (exact) mass is 452 g/mol. The number of hydrogen-bond donors (Lipinski definition) is 2.